The molecule has 8 heteroatoms. The summed E-state index contributed by atoms with van der Waals surface area (Å²) in [6, 6.07) is 25.4. The van der Waals surface area contributed by atoms with E-state index >= 15 is 0 Å². The zero-order valence-corrected chi connectivity index (χ0v) is 21.8. The van der Waals surface area contributed by atoms with Crippen LogP contribution in [-0.4, -0.2) is 62.6 Å². The fraction of sp³-hybridized carbons (Fsp3) is 0.333. The summed E-state index contributed by atoms with van der Waals surface area (Å²) in [5, 5.41) is 6.05. The fourth-order valence-corrected chi connectivity index (χ4v) is 4.22. The molecule has 1 atom stereocenters. The van der Waals surface area contributed by atoms with Crippen LogP contribution in [0, 0.1) is 5.82 Å². The molecule has 3 rings (SSSR count). The van der Waals surface area contributed by atoms with Crippen LogP contribution in [0.4, 0.5) is 4.39 Å². The average molecular weight is 521 g/mol. The maximum absolute atomic E-state index is 13.4. The van der Waals surface area contributed by atoms with Gasteiger partial charge in [-0.3, -0.25) is 9.59 Å². The van der Waals surface area contributed by atoms with E-state index in [2.05, 4.69) is 34.9 Å². The van der Waals surface area contributed by atoms with Crippen molar-refractivity contribution in [1.29, 1.82) is 0 Å². The summed E-state index contributed by atoms with van der Waals surface area (Å²) in [5.74, 6) is -0.220. The molecule has 0 unspecified atom stereocenters. The second-order valence-electron chi connectivity index (χ2n) is 9.12. The number of nitrogens with zero attached hydrogens (tertiary/aromatic N) is 1. The molecule has 0 saturated heterocycles. The number of nitrogens with one attached hydrogen (secondary N) is 2. The first kappa shape index (κ1) is 28.8. The van der Waals surface area contributed by atoms with Crippen LogP contribution < -0.4 is 21.1 Å². The number of benzene rings is 3. The van der Waals surface area contributed by atoms with Crippen molar-refractivity contribution in [3.63, 3.8) is 0 Å². The first-order valence-electron chi connectivity index (χ1n) is 12.9. The smallest absolute Gasteiger partial charge is 0.257 e. The summed E-state index contributed by atoms with van der Waals surface area (Å²) >= 11 is 0. The molecule has 3 aromatic carbocycles. The molecular weight excluding hydrogens is 483 g/mol. The van der Waals surface area contributed by atoms with Crippen molar-refractivity contribution < 1.29 is 18.7 Å². The molecule has 0 aliphatic heterocycles. The van der Waals surface area contributed by atoms with E-state index in [0.29, 0.717) is 44.8 Å². The minimum atomic E-state index is -0.414. The third kappa shape index (κ3) is 9.28. The molecule has 0 spiro atoms. The second-order valence-corrected chi connectivity index (χ2v) is 9.12. The van der Waals surface area contributed by atoms with E-state index in [4.69, 9.17) is 10.5 Å². The van der Waals surface area contributed by atoms with Crippen LogP contribution in [0.2, 0.25) is 0 Å². The Morgan fingerprint density at radius 2 is 1.53 bits per heavy atom. The number of nitrogens with two attached hydrogens (primary N) is 1. The Kier molecular flexibility index (Phi) is 11.7. The predicted octanol–water partition coefficient (Wildman–Crippen LogP) is 3.31. The third-order valence-electron chi connectivity index (χ3n) is 6.25. The van der Waals surface area contributed by atoms with Crippen molar-refractivity contribution in [3.05, 3.63) is 102 Å². The number of ether oxygens (including phenoxy) is 1. The Hall–Kier alpha value is -3.75. The Morgan fingerprint density at radius 1 is 0.921 bits per heavy atom. The lowest BCUT2D eigenvalue weighted by molar-refractivity contribution is -0.132. The lowest BCUT2D eigenvalue weighted by Gasteiger charge is -2.29. The minimum absolute atomic E-state index is 0.0127. The highest BCUT2D eigenvalue weighted by Crippen LogP contribution is 2.25. The number of likely N-dealkylation sites (N-methyl/N-ethyl adjacent to an activating group) is 1. The number of hydrogen-bond acceptors (Lipinski definition) is 5. The zero-order valence-electron chi connectivity index (χ0n) is 21.8. The third-order valence-corrected chi connectivity index (χ3v) is 6.25. The van der Waals surface area contributed by atoms with Gasteiger partial charge in [0.15, 0.2) is 6.61 Å². The summed E-state index contributed by atoms with van der Waals surface area (Å²) < 4.78 is 18.3. The minimum Gasteiger partial charge on any atom is -0.484 e. The van der Waals surface area contributed by atoms with Crippen LogP contribution in [0.25, 0.3) is 0 Å². The lowest BCUT2D eigenvalue weighted by Crippen LogP contribution is -2.48. The van der Waals surface area contributed by atoms with Gasteiger partial charge in [0.1, 0.15) is 11.6 Å². The second kappa shape index (κ2) is 15.5. The van der Waals surface area contributed by atoms with Gasteiger partial charge >= 0.3 is 0 Å². The molecule has 2 amide bonds. The quantitative estimate of drug-likeness (QED) is 0.267. The van der Waals surface area contributed by atoms with E-state index in [1.54, 1.807) is 4.90 Å². The zero-order chi connectivity index (χ0) is 27.2. The van der Waals surface area contributed by atoms with E-state index in [0.717, 1.165) is 11.1 Å². The molecule has 0 heterocycles. The van der Waals surface area contributed by atoms with Crippen LogP contribution >= 0.6 is 0 Å². The molecular formula is C30H37FN4O3. The molecule has 0 radical (unpaired) electrons. The Balaban J connectivity index is 1.52. The molecule has 202 valence electrons. The number of carbonyl (C=O) groups excluding carboxylic acids is 2. The SMILES string of the molecule is CN(CC(c1ccccc1)c1ccccc1)C(=O)[C@H](CCCN)NCCNC(=O)COc1ccc(F)cc1. The Morgan fingerprint density at radius 3 is 2.11 bits per heavy atom. The molecule has 0 aliphatic carbocycles. The predicted molar refractivity (Wildman–Crippen MR) is 147 cm³/mol. The van der Waals surface area contributed by atoms with Gasteiger partial charge in [0.2, 0.25) is 5.91 Å². The molecule has 0 saturated carbocycles. The topological polar surface area (TPSA) is 96.7 Å². The van der Waals surface area contributed by atoms with E-state index in [1.165, 1.54) is 24.3 Å². The first-order valence-corrected chi connectivity index (χ1v) is 12.9. The van der Waals surface area contributed by atoms with Gasteiger partial charge in [-0.1, -0.05) is 60.7 Å². The molecule has 0 fully saturated rings. The highest BCUT2D eigenvalue weighted by atomic mass is 19.1. The Bertz CT molecular complexity index is 1070. The number of hydrogen-bond donors (Lipinski definition) is 3. The number of carbonyl (C=O) groups is 2. The van der Waals surface area contributed by atoms with Crippen molar-refractivity contribution in [3.8, 4) is 5.75 Å². The number of halogens is 1. The highest BCUT2D eigenvalue weighted by molar-refractivity contribution is 5.82. The number of amides is 2. The van der Waals surface area contributed by atoms with Crippen molar-refractivity contribution in [2.24, 2.45) is 5.73 Å². The molecule has 38 heavy (non-hydrogen) atoms. The summed E-state index contributed by atoms with van der Waals surface area (Å²) in [7, 11) is 1.83. The van der Waals surface area contributed by atoms with Gasteiger partial charge in [-0.25, -0.2) is 4.39 Å². The summed E-state index contributed by atoms with van der Waals surface area (Å²) in [5.41, 5.74) is 8.02. The van der Waals surface area contributed by atoms with E-state index in [9.17, 15) is 14.0 Å². The average Bonchev–Trinajstić information content (AvgIpc) is 2.95. The molecule has 4 N–H and O–H groups in total. The molecule has 0 aromatic heterocycles. The van der Waals surface area contributed by atoms with E-state index < -0.39 is 6.04 Å². The van der Waals surface area contributed by atoms with Gasteiger partial charge in [-0.05, 0) is 54.8 Å². The highest BCUT2D eigenvalue weighted by Gasteiger charge is 2.25. The number of rotatable bonds is 15. The van der Waals surface area contributed by atoms with Gasteiger partial charge in [-0.2, -0.15) is 0 Å². The van der Waals surface area contributed by atoms with Gasteiger partial charge < -0.3 is 26.0 Å². The van der Waals surface area contributed by atoms with Gasteiger partial charge in [-0.15, -0.1) is 0 Å². The van der Waals surface area contributed by atoms with Crippen LogP contribution in [0.1, 0.15) is 29.9 Å². The first-order chi connectivity index (χ1) is 18.5. The van der Waals surface area contributed by atoms with Crippen molar-refractivity contribution in [2.45, 2.75) is 24.8 Å². The maximum atomic E-state index is 13.4. The van der Waals surface area contributed by atoms with Crippen molar-refractivity contribution >= 4 is 11.8 Å². The normalized spacial score (nSPS) is 11.7. The van der Waals surface area contributed by atoms with Crippen LogP contribution in [0.3, 0.4) is 0 Å². The van der Waals surface area contributed by atoms with Crippen molar-refractivity contribution in [2.75, 3.05) is 39.8 Å². The monoisotopic (exact) mass is 520 g/mol. The van der Waals surface area contributed by atoms with Crippen molar-refractivity contribution in [1.82, 2.24) is 15.5 Å². The van der Waals surface area contributed by atoms with Gasteiger partial charge in [0, 0.05) is 32.6 Å². The van der Waals surface area contributed by atoms with E-state index in [-0.39, 0.29) is 30.2 Å². The van der Waals surface area contributed by atoms with Crippen LogP contribution in [0.15, 0.2) is 84.9 Å². The summed E-state index contributed by atoms with van der Waals surface area (Å²) in [6.45, 7) is 1.59. The summed E-state index contributed by atoms with van der Waals surface area (Å²) in [4.78, 5) is 27.3. The summed E-state index contributed by atoms with van der Waals surface area (Å²) in [6.07, 6.45) is 1.30. The lowest BCUT2D eigenvalue weighted by atomic mass is 9.90. The van der Waals surface area contributed by atoms with Crippen LogP contribution in [0.5, 0.6) is 5.75 Å². The fourth-order valence-electron chi connectivity index (χ4n) is 4.22. The molecule has 0 bridgehead atoms. The molecule has 0 aliphatic rings. The van der Waals surface area contributed by atoms with E-state index in [1.807, 2.05) is 43.4 Å². The van der Waals surface area contributed by atoms with Crippen LogP contribution in [-0.2, 0) is 9.59 Å². The standard InChI is InChI=1S/C30H37FN4O3/c1-35(21-27(23-9-4-2-5-10-23)24-11-6-3-7-12-24)30(37)28(13-8-18-32)33-19-20-34-29(36)22-38-26-16-14-25(31)15-17-26/h2-7,9-12,14-17,27-28,33H,8,13,18-22,32H2,1H3,(H,34,36)/t28-/m0/s1. The van der Waals surface area contributed by atoms with Gasteiger partial charge in [0.25, 0.3) is 5.91 Å². The maximum Gasteiger partial charge on any atom is 0.257 e. The van der Waals surface area contributed by atoms with Gasteiger partial charge in [0.05, 0.1) is 6.04 Å². The molecule has 7 nitrogen and oxygen atoms in total. The molecule has 3 aromatic rings. The Labute approximate surface area is 224 Å². The largest absolute Gasteiger partial charge is 0.484 e.